The molecule has 2 aromatic carbocycles. The predicted molar refractivity (Wildman–Crippen MR) is 177 cm³/mol. The van der Waals surface area contributed by atoms with Gasteiger partial charge in [0.15, 0.2) is 5.96 Å². The molecule has 49 heavy (non-hydrogen) atoms. The quantitative estimate of drug-likeness (QED) is 0.0297. The Morgan fingerprint density at radius 3 is 2.18 bits per heavy atom. The van der Waals surface area contributed by atoms with Gasteiger partial charge in [0, 0.05) is 31.6 Å². The van der Waals surface area contributed by atoms with Crippen LogP contribution in [0.4, 0.5) is 5.69 Å². The van der Waals surface area contributed by atoms with E-state index in [2.05, 4.69) is 20.9 Å². The first-order valence-corrected chi connectivity index (χ1v) is 15.5. The molecule has 5 amide bonds. The number of phenols is 1. The molecule has 0 radical (unpaired) electrons. The molecule has 1 saturated heterocycles. The van der Waals surface area contributed by atoms with E-state index in [9.17, 15) is 39.2 Å². The normalized spacial score (nSPS) is 15.7. The van der Waals surface area contributed by atoms with E-state index in [0.717, 1.165) is 0 Å². The zero-order valence-corrected chi connectivity index (χ0v) is 26.7. The van der Waals surface area contributed by atoms with Crippen LogP contribution in [0.2, 0.25) is 0 Å². The molecule has 2 aromatic rings. The molecule has 12 N–H and O–H groups in total. The maximum Gasteiger partial charge on any atom is 0.269 e. The van der Waals surface area contributed by atoms with Crippen molar-refractivity contribution in [2.24, 2.45) is 27.9 Å². The Morgan fingerprint density at radius 2 is 1.57 bits per heavy atom. The van der Waals surface area contributed by atoms with Gasteiger partial charge in [-0.1, -0.05) is 24.3 Å². The van der Waals surface area contributed by atoms with Crippen LogP contribution in [0.1, 0.15) is 36.8 Å². The molecule has 1 fully saturated rings. The van der Waals surface area contributed by atoms with Crippen molar-refractivity contribution < 1.29 is 34.0 Å². The fraction of sp³-hybridized carbons (Fsp3) is 0.419. The smallest absolute Gasteiger partial charge is 0.269 e. The van der Waals surface area contributed by atoms with Gasteiger partial charge in [-0.2, -0.15) is 0 Å². The molecule has 4 atom stereocenters. The van der Waals surface area contributed by atoms with Gasteiger partial charge in [-0.25, -0.2) is 0 Å². The van der Waals surface area contributed by atoms with Gasteiger partial charge < -0.3 is 48.9 Å². The maximum atomic E-state index is 13.6. The number of nitrogens with two attached hydrogens (primary N) is 4. The van der Waals surface area contributed by atoms with Crippen LogP contribution in [0.25, 0.3) is 0 Å². The van der Waals surface area contributed by atoms with Crippen molar-refractivity contribution in [1.29, 1.82) is 0 Å². The highest BCUT2D eigenvalue weighted by Crippen LogP contribution is 2.20. The van der Waals surface area contributed by atoms with Crippen molar-refractivity contribution in [2.45, 2.75) is 62.7 Å². The number of nitro benzene ring substituents is 1. The summed E-state index contributed by atoms with van der Waals surface area (Å²) < 4.78 is 0. The van der Waals surface area contributed by atoms with Crippen molar-refractivity contribution >= 4 is 41.2 Å². The van der Waals surface area contributed by atoms with Crippen LogP contribution >= 0.6 is 0 Å². The number of non-ortho nitro benzene ring substituents is 1. The Hall–Kier alpha value is -5.78. The summed E-state index contributed by atoms with van der Waals surface area (Å²) in [6.45, 7) is -0.175. The lowest BCUT2D eigenvalue weighted by Gasteiger charge is -2.28. The van der Waals surface area contributed by atoms with Crippen molar-refractivity contribution in [3.05, 3.63) is 69.8 Å². The number of phenolic OH excluding ortho intramolecular Hbond substituents is 1. The number of aromatic hydroxyl groups is 1. The minimum Gasteiger partial charge on any atom is -0.508 e. The molecule has 18 nitrogen and oxygen atoms in total. The first-order chi connectivity index (χ1) is 23.2. The largest absolute Gasteiger partial charge is 0.508 e. The van der Waals surface area contributed by atoms with E-state index in [4.69, 9.17) is 22.9 Å². The minimum atomic E-state index is -1.20. The van der Waals surface area contributed by atoms with Crippen LogP contribution in [0, 0.1) is 10.1 Å². The molecule has 0 spiro atoms. The summed E-state index contributed by atoms with van der Waals surface area (Å²) in [6.07, 6.45) is 1.33. The molecule has 1 aliphatic rings. The zero-order valence-electron chi connectivity index (χ0n) is 26.7. The molecule has 0 saturated carbocycles. The molecule has 1 aliphatic heterocycles. The van der Waals surface area contributed by atoms with Gasteiger partial charge in [0.2, 0.25) is 29.5 Å². The summed E-state index contributed by atoms with van der Waals surface area (Å²) in [7, 11) is 0. The third-order valence-corrected chi connectivity index (χ3v) is 7.81. The number of benzene rings is 2. The molecule has 264 valence electrons. The van der Waals surface area contributed by atoms with Crippen LogP contribution in [0.3, 0.4) is 0 Å². The summed E-state index contributed by atoms with van der Waals surface area (Å²) in [5.41, 5.74) is 23.3. The number of nitro groups is 1. The second kappa shape index (κ2) is 17.9. The van der Waals surface area contributed by atoms with Crippen LogP contribution < -0.4 is 38.9 Å². The maximum absolute atomic E-state index is 13.6. The lowest BCUT2D eigenvalue weighted by Crippen LogP contribution is -2.56. The number of aliphatic imine (C=N–C) groups is 1. The van der Waals surface area contributed by atoms with E-state index in [1.807, 2.05) is 0 Å². The zero-order chi connectivity index (χ0) is 36.1. The first kappa shape index (κ1) is 37.7. The summed E-state index contributed by atoms with van der Waals surface area (Å²) in [5, 5.41) is 28.2. The summed E-state index contributed by atoms with van der Waals surface area (Å²) in [5.74, 6) is -3.46. The lowest BCUT2D eigenvalue weighted by atomic mass is 10.0. The number of guanidine groups is 1. The fourth-order valence-electron chi connectivity index (χ4n) is 5.28. The van der Waals surface area contributed by atoms with Crippen LogP contribution in [0.5, 0.6) is 5.75 Å². The van der Waals surface area contributed by atoms with Crippen molar-refractivity contribution in [1.82, 2.24) is 20.9 Å². The fourth-order valence-corrected chi connectivity index (χ4v) is 5.28. The topological polar surface area (TPSA) is 304 Å². The highest BCUT2D eigenvalue weighted by molar-refractivity contribution is 5.94. The number of rotatable bonds is 17. The number of nitrogens with zero attached hydrogens (tertiary/aromatic N) is 3. The van der Waals surface area contributed by atoms with Crippen LogP contribution in [-0.4, -0.2) is 94.2 Å². The Kier molecular flexibility index (Phi) is 13.8. The number of hydrogen-bond donors (Lipinski definition) is 8. The standard InChI is InChI=1S/C31H42N10O8/c32-22(15-18-7-11-21(42)12-8-18)28(45)39-23(3-1-13-36-31(34)35)29(46)37-17-26(43)38-24(16-19-5-9-20(10-6-19)41(48)49)30(47)40-14-2-4-25(40)27(33)44/h5-12,22-25,42H,1-4,13-17,32H2,(H2,33,44)(H,37,46)(H,38,43)(H,39,45)(H4,34,35,36)/t22-,23+,24-,25-/m0/s1. The van der Waals surface area contributed by atoms with Gasteiger partial charge in [-0.15, -0.1) is 0 Å². The van der Waals surface area contributed by atoms with Gasteiger partial charge in [0.25, 0.3) is 5.69 Å². The molecular formula is C31H42N10O8. The number of hydrogen-bond acceptors (Lipinski definition) is 10. The highest BCUT2D eigenvalue weighted by Gasteiger charge is 2.37. The molecule has 0 bridgehead atoms. The summed E-state index contributed by atoms with van der Waals surface area (Å²) in [6, 6.07) is 7.33. The Bertz CT molecular complexity index is 1530. The second-order valence-electron chi connectivity index (χ2n) is 11.5. The lowest BCUT2D eigenvalue weighted by molar-refractivity contribution is -0.384. The van der Waals surface area contributed by atoms with Gasteiger partial charge >= 0.3 is 0 Å². The van der Waals surface area contributed by atoms with Crippen molar-refractivity contribution in [3.8, 4) is 5.75 Å². The summed E-state index contributed by atoms with van der Waals surface area (Å²) in [4.78, 5) is 80.4. The van der Waals surface area contributed by atoms with E-state index in [1.54, 1.807) is 12.1 Å². The molecular weight excluding hydrogens is 640 g/mol. The second-order valence-corrected chi connectivity index (χ2v) is 11.5. The van der Waals surface area contributed by atoms with Crippen LogP contribution in [0.15, 0.2) is 53.5 Å². The molecule has 0 unspecified atom stereocenters. The monoisotopic (exact) mass is 682 g/mol. The molecule has 1 heterocycles. The van der Waals surface area contributed by atoms with Gasteiger partial charge in [0.1, 0.15) is 23.9 Å². The minimum absolute atomic E-state index is 0.0521. The van der Waals surface area contributed by atoms with Crippen LogP contribution in [-0.2, 0) is 36.8 Å². The van der Waals surface area contributed by atoms with Crippen molar-refractivity contribution in [3.63, 3.8) is 0 Å². The van der Waals surface area contributed by atoms with E-state index in [-0.39, 0.29) is 49.7 Å². The molecule has 0 aliphatic carbocycles. The Morgan fingerprint density at radius 1 is 0.939 bits per heavy atom. The Balaban J connectivity index is 1.69. The van der Waals surface area contributed by atoms with Gasteiger partial charge in [-0.3, -0.25) is 39.1 Å². The third kappa shape index (κ3) is 11.8. The number of likely N-dealkylation sites (tertiary alicyclic amines) is 1. The third-order valence-electron chi connectivity index (χ3n) is 7.81. The SMILES string of the molecule is NC(=O)[C@@H]1CCCN1C(=O)[C@H](Cc1ccc([N+](=O)[O-])cc1)NC(=O)CNC(=O)[C@@H](CCCN=C(N)N)NC(=O)[C@@H](N)Cc1ccc(O)cc1. The van der Waals surface area contributed by atoms with E-state index in [0.29, 0.717) is 30.4 Å². The average Bonchev–Trinajstić information content (AvgIpc) is 3.56. The predicted octanol–water partition coefficient (Wildman–Crippen LogP) is -1.97. The average molecular weight is 683 g/mol. The van der Waals surface area contributed by atoms with E-state index in [1.165, 1.54) is 41.3 Å². The van der Waals surface area contributed by atoms with Crippen molar-refractivity contribution in [2.75, 3.05) is 19.6 Å². The number of carbonyl (C=O) groups is 5. The highest BCUT2D eigenvalue weighted by atomic mass is 16.6. The number of primary amides is 1. The molecule has 3 rings (SSSR count). The summed E-state index contributed by atoms with van der Waals surface area (Å²) >= 11 is 0. The van der Waals surface area contributed by atoms with E-state index >= 15 is 0 Å². The first-order valence-electron chi connectivity index (χ1n) is 15.5. The Labute approximate surface area is 281 Å². The van der Waals surface area contributed by atoms with Gasteiger partial charge in [0.05, 0.1) is 17.5 Å². The number of nitrogens with one attached hydrogen (secondary N) is 3. The molecule has 18 heteroatoms. The van der Waals surface area contributed by atoms with Gasteiger partial charge in [-0.05, 0) is 55.4 Å². The molecule has 0 aromatic heterocycles. The number of amides is 5. The van der Waals surface area contributed by atoms with E-state index < -0.39 is 65.2 Å². The number of carbonyl (C=O) groups excluding carboxylic acids is 5.